The van der Waals surface area contributed by atoms with E-state index in [0.717, 1.165) is 0 Å². The summed E-state index contributed by atoms with van der Waals surface area (Å²) in [5.41, 5.74) is 22.8. The van der Waals surface area contributed by atoms with Crippen LogP contribution in [0.3, 0.4) is 0 Å². The molecule has 0 aliphatic carbocycles. The molecule has 0 unspecified atom stereocenters. The fourth-order valence-corrected chi connectivity index (χ4v) is 9.51. The van der Waals surface area contributed by atoms with E-state index >= 15 is 0 Å². The highest BCUT2D eigenvalue weighted by molar-refractivity contribution is 7.03. The highest BCUT2D eigenvalue weighted by Crippen LogP contribution is 2.46. The van der Waals surface area contributed by atoms with Gasteiger partial charge in [-0.15, -0.1) is 0 Å². The summed E-state index contributed by atoms with van der Waals surface area (Å²) in [6.45, 7) is 4.99. The van der Waals surface area contributed by atoms with Crippen molar-refractivity contribution in [2.45, 2.75) is 19.8 Å². The summed E-state index contributed by atoms with van der Waals surface area (Å²) in [5.74, 6) is 0.375. The average Bonchev–Trinajstić information content (AvgIpc) is 3.67. The van der Waals surface area contributed by atoms with Gasteiger partial charge < -0.3 is 9.80 Å². The average molecular weight is 622 g/mol. The molecule has 4 heterocycles. The normalized spacial score (nSPS) is 13.9. The van der Waals surface area contributed by atoms with Crippen molar-refractivity contribution < 1.29 is 0 Å². The third kappa shape index (κ3) is 3.53. The van der Waals surface area contributed by atoms with Crippen LogP contribution in [-0.2, 0) is 0 Å². The Balaban J connectivity index is 1.29. The molecular formula is C45H32B2N2. The summed E-state index contributed by atoms with van der Waals surface area (Å²) in [4.78, 5) is 5.13. The largest absolute Gasteiger partial charge is 0.312 e. The summed E-state index contributed by atoms with van der Waals surface area (Å²) < 4.78 is 0. The molecule has 7 aromatic carbocycles. The fraction of sp³-hybridized carbons (Fsp3) is 0.0667. The minimum atomic E-state index is 0.154. The van der Waals surface area contributed by atoms with Gasteiger partial charge >= 0.3 is 0 Å². The molecule has 2 nitrogen and oxygen atoms in total. The van der Waals surface area contributed by atoms with Crippen molar-refractivity contribution in [2.75, 3.05) is 9.80 Å². The van der Waals surface area contributed by atoms with E-state index in [9.17, 15) is 0 Å². The van der Waals surface area contributed by atoms with Crippen LogP contribution in [0.25, 0.3) is 22.3 Å². The van der Waals surface area contributed by atoms with E-state index in [1.165, 1.54) is 94.7 Å². The number of hydrogen-bond donors (Lipinski definition) is 0. The Hall–Kier alpha value is -5.73. The fourth-order valence-electron chi connectivity index (χ4n) is 9.51. The number of nitrogens with zero attached hydrogens (tertiary/aromatic N) is 2. The number of hydrogen-bond acceptors (Lipinski definition) is 2. The zero-order chi connectivity index (χ0) is 32.4. The molecule has 0 radical (unpaired) electrons. The van der Waals surface area contributed by atoms with Gasteiger partial charge in [-0.2, -0.15) is 0 Å². The van der Waals surface area contributed by atoms with Crippen LogP contribution in [0.5, 0.6) is 0 Å². The van der Waals surface area contributed by atoms with Crippen molar-refractivity contribution >= 4 is 80.3 Å². The van der Waals surface area contributed by atoms with Crippen molar-refractivity contribution in [3.63, 3.8) is 0 Å². The Morgan fingerprint density at radius 1 is 0.408 bits per heavy atom. The molecule has 0 saturated heterocycles. The molecular weight excluding hydrogens is 590 g/mol. The monoisotopic (exact) mass is 622 g/mol. The molecule has 7 aromatic rings. The highest BCUT2D eigenvalue weighted by atomic mass is 15.2. The van der Waals surface area contributed by atoms with Gasteiger partial charge in [0, 0.05) is 34.1 Å². The maximum absolute atomic E-state index is 2.60. The quantitative estimate of drug-likeness (QED) is 0.190. The van der Waals surface area contributed by atoms with Gasteiger partial charge in [-0.05, 0) is 98.1 Å². The number of rotatable bonds is 3. The van der Waals surface area contributed by atoms with Gasteiger partial charge in [0.15, 0.2) is 0 Å². The second-order valence-corrected chi connectivity index (χ2v) is 14.2. The van der Waals surface area contributed by atoms with E-state index in [1.807, 2.05) is 0 Å². The second kappa shape index (κ2) is 9.90. The lowest BCUT2D eigenvalue weighted by Gasteiger charge is -2.41. The molecule has 0 aromatic heterocycles. The lowest BCUT2D eigenvalue weighted by atomic mass is 9.34. The molecule has 0 spiro atoms. The Kier molecular flexibility index (Phi) is 5.51. The first-order valence-electron chi connectivity index (χ1n) is 17.6. The van der Waals surface area contributed by atoms with Gasteiger partial charge in [0.05, 0.1) is 0 Å². The summed E-state index contributed by atoms with van der Waals surface area (Å²) in [5, 5.41) is 0. The predicted octanol–water partition coefficient (Wildman–Crippen LogP) is 7.37. The number of fused-ring (bicyclic) bond motifs is 10. The maximum atomic E-state index is 2.60. The Labute approximate surface area is 288 Å². The van der Waals surface area contributed by atoms with Crippen LogP contribution in [0, 0.1) is 0 Å². The molecule has 228 valence electrons. The summed E-state index contributed by atoms with van der Waals surface area (Å²) >= 11 is 0. The van der Waals surface area contributed by atoms with Gasteiger partial charge in [-0.3, -0.25) is 0 Å². The van der Waals surface area contributed by atoms with Gasteiger partial charge in [0.2, 0.25) is 13.4 Å². The van der Waals surface area contributed by atoms with Crippen LogP contribution >= 0.6 is 0 Å². The Morgan fingerprint density at radius 3 is 1.55 bits per heavy atom. The smallest absolute Gasteiger partial charge is 0.248 e. The van der Waals surface area contributed by atoms with Crippen molar-refractivity contribution in [1.29, 1.82) is 0 Å². The third-order valence-corrected chi connectivity index (χ3v) is 11.4. The van der Waals surface area contributed by atoms with E-state index in [4.69, 9.17) is 0 Å². The zero-order valence-electron chi connectivity index (χ0n) is 27.6. The molecule has 4 heteroatoms. The first kappa shape index (κ1) is 27.2. The van der Waals surface area contributed by atoms with E-state index < -0.39 is 0 Å². The van der Waals surface area contributed by atoms with Crippen molar-refractivity contribution in [2.24, 2.45) is 0 Å². The van der Waals surface area contributed by atoms with Gasteiger partial charge in [0.1, 0.15) is 0 Å². The van der Waals surface area contributed by atoms with Crippen LogP contribution in [0.1, 0.15) is 25.3 Å². The van der Waals surface area contributed by atoms with E-state index in [0.29, 0.717) is 5.92 Å². The lowest BCUT2D eigenvalue weighted by Crippen LogP contribution is -2.59. The van der Waals surface area contributed by atoms with Crippen LogP contribution in [0.2, 0.25) is 0 Å². The van der Waals surface area contributed by atoms with E-state index in [2.05, 4.69) is 175 Å². The van der Waals surface area contributed by atoms with Crippen molar-refractivity contribution in [1.82, 2.24) is 0 Å². The van der Waals surface area contributed by atoms with Gasteiger partial charge in [-0.25, -0.2) is 0 Å². The predicted molar refractivity (Wildman–Crippen MR) is 210 cm³/mol. The first-order chi connectivity index (χ1) is 24.2. The van der Waals surface area contributed by atoms with Crippen LogP contribution in [0.15, 0.2) is 152 Å². The SMILES string of the molecule is CC(C)c1ccc2c3c1N(c1ccccc1)c1cc4c(cc1B3c1ccccc1-2)N(c1ccccc1)c1cccc2c1B4c1ccccc1-2. The molecule has 0 amide bonds. The van der Waals surface area contributed by atoms with E-state index in [-0.39, 0.29) is 13.4 Å². The number of para-hydroxylation sites is 2. The molecule has 4 aliphatic heterocycles. The van der Waals surface area contributed by atoms with Crippen LogP contribution in [-0.4, -0.2) is 13.4 Å². The molecule has 0 bridgehead atoms. The van der Waals surface area contributed by atoms with Crippen LogP contribution < -0.4 is 42.6 Å². The molecule has 11 rings (SSSR count). The minimum absolute atomic E-state index is 0.154. The Morgan fingerprint density at radius 2 is 0.918 bits per heavy atom. The van der Waals surface area contributed by atoms with Gasteiger partial charge in [-0.1, -0.05) is 134 Å². The highest BCUT2D eigenvalue weighted by Gasteiger charge is 2.47. The molecule has 0 fully saturated rings. The zero-order valence-corrected chi connectivity index (χ0v) is 27.6. The van der Waals surface area contributed by atoms with Crippen molar-refractivity contribution in [3.05, 3.63) is 157 Å². The summed E-state index contributed by atoms with van der Waals surface area (Å²) in [6.07, 6.45) is 0. The molecule has 0 N–H and O–H groups in total. The second-order valence-electron chi connectivity index (χ2n) is 14.2. The minimum Gasteiger partial charge on any atom is -0.312 e. The third-order valence-electron chi connectivity index (χ3n) is 11.4. The van der Waals surface area contributed by atoms with Crippen LogP contribution in [0.4, 0.5) is 34.1 Å². The lowest BCUT2D eigenvalue weighted by molar-refractivity contribution is 0.866. The Bertz CT molecular complexity index is 2510. The van der Waals surface area contributed by atoms with Gasteiger partial charge in [0.25, 0.3) is 0 Å². The molecule has 4 aliphatic rings. The topological polar surface area (TPSA) is 6.48 Å². The van der Waals surface area contributed by atoms with Crippen molar-refractivity contribution in [3.8, 4) is 22.3 Å². The molecule has 0 saturated carbocycles. The number of benzene rings is 7. The number of anilines is 6. The maximum Gasteiger partial charge on any atom is 0.248 e. The summed E-state index contributed by atoms with van der Waals surface area (Å²) in [7, 11) is 0. The standard InChI is InChI=1S/C45H32B2N2/c1-28(2)31-24-25-35-33-19-10-12-22-37(33)47-39-26-41-38(27-42(39)49(45(31)44(35)47)30-16-7-4-8-17-30)46-36-21-11-9-18-32(36)34-20-13-23-40(43(34)46)48(41)29-14-5-3-6-15-29/h3-28H,1-2H3. The summed E-state index contributed by atoms with van der Waals surface area (Å²) in [6, 6.07) is 57.0. The first-order valence-corrected chi connectivity index (χ1v) is 17.6. The molecule has 0 atom stereocenters. The van der Waals surface area contributed by atoms with E-state index in [1.54, 1.807) is 0 Å². The molecule has 49 heavy (non-hydrogen) atoms.